The first kappa shape index (κ1) is 14.3. The maximum Gasteiger partial charge on any atom is 0.0830 e. The molecule has 1 nitrogen and oxygen atoms in total. The summed E-state index contributed by atoms with van der Waals surface area (Å²) in [5.41, 5.74) is 1.95. The number of aliphatic hydroxyl groups excluding tert-OH is 1. The molecule has 1 N–H and O–H groups in total. The molecule has 0 heterocycles. The normalized spacial score (nSPS) is 12.4. The Bertz CT molecular complexity index is 542. The van der Waals surface area contributed by atoms with Crippen LogP contribution >= 0.6 is 50.1 Å². The average Bonchev–Trinajstić information content (AvgIpc) is 2.35. The zero-order valence-electron chi connectivity index (χ0n) is 9.41. The molecule has 0 bridgehead atoms. The lowest BCUT2D eigenvalue weighted by molar-refractivity contribution is 0.178. The summed E-state index contributed by atoms with van der Waals surface area (Å²) in [5, 5.41) is 10.8. The van der Waals surface area contributed by atoms with Crippen LogP contribution in [0.1, 0.15) is 17.2 Å². The van der Waals surface area contributed by atoms with Gasteiger partial charge in [0.15, 0.2) is 0 Å². The molecule has 0 aliphatic carbocycles. The highest BCUT2D eigenvalue weighted by molar-refractivity contribution is 14.1. The second-order valence-electron chi connectivity index (χ2n) is 4.02. The zero-order chi connectivity index (χ0) is 13.1. The zero-order valence-corrected chi connectivity index (χ0v) is 13.9. The van der Waals surface area contributed by atoms with E-state index in [2.05, 4.69) is 38.5 Å². The van der Waals surface area contributed by atoms with E-state index in [0.29, 0.717) is 11.4 Å². The first-order valence-electron chi connectivity index (χ1n) is 5.44. The summed E-state index contributed by atoms with van der Waals surface area (Å²) in [6.45, 7) is 0. The lowest BCUT2D eigenvalue weighted by Gasteiger charge is -2.12. The first-order valence-corrected chi connectivity index (χ1v) is 7.68. The van der Waals surface area contributed by atoms with Crippen molar-refractivity contribution in [3.05, 3.63) is 66.7 Å². The van der Waals surface area contributed by atoms with Crippen LogP contribution in [-0.4, -0.2) is 5.11 Å². The van der Waals surface area contributed by atoms with E-state index in [1.54, 1.807) is 6.07 Å². The molecule has 18 heavy (non-hydrogen) atoms. The molecule has 0 radical (unpaired) electrons. The van der Waals surface area contributed by atoms with Crippen LogP contribution in [-0.2, 0) is 6.42 Å². The van der Waals surface area contributed by atoms with E-state index in [1.807, 2.05) is 36.4 Å². The number of hydrogen-bond donors (Lipinski definition) is 1. The molecule has 1 unspecified atom stereocenters. The van der Waals surface area contributed by atoms with Crippen LogP contribution in [0.2, 0.25) is 5.02 Å². The smallest absolute Gasteiger partial charge is 0.0830 e. The molecule has 0 aliphatic heterocycles. The second kappa shape index (κ2) is 6.37. The third-order valence-electron chi connectivity index (χ3n) is 2.67. The highest BCUT2D eigenvalue weighted by Gasteiger charge is 2.10. The molecule has 0 saturated carbocycles. The van der Waals surface area contributed by atoms with E-state index in [0.717, 1.165) is 15.6 Å². The lowest BCUT2D eigenvalue weighted by Crippen LogP contribution is -2.01. The van der Waals surface area contributed by atoms with Gasteiger partial charge in [-0.1, -0.05) is 29.8 Å². The Kier molecular flexibility index (Phi) is 5.06. The van der Waals surface area contributed by atoms with E-state index < -0.39 is 6.10 Å². The summed E-state index contributed by atoms with van der Waals surface area (Å²) < 4.78 is 2.03. The van der Waals surface area contributed by atoms with Gasteiger partial charge >= 0.3 is 0 Å². The van der Waals surface area contributed by atoms with Crippen LogP contribution in [0.15, 0.2) is 46.9 Å². The monoisotopic (exact) mass is 436 g/mol. The van der Waals surface area contributed by atoms with Gasteiger partial charge < -0.3 is 5.11 Å². The van der Waals surface area contributed by atoms with Gasteiger partial charge in [-0.25, -0.2) is 0 Å². The standard InChI is InChI=1S/C14H11BrClIO/c15-12-6-3-10(8-13(12)16)14(18)7-9-1-4-11(17)5-2-9/h1-6,8,14,18H,7H2. The van der Waals surface area contributed by atoms with Crippen LogP contribution in [0.3, 0.4) is 0 Å². The van der Waals surface area contributed by atoms with Gasteiger partial charge in [0.2, 0.25) is 0 Å². The van der Waals surface area contributed by atoms with Crippen LogP contribution in [0.4, 0.5) is 0 Å². The highest BCUT2D eigenvalue weighted by Crippen LogP contribution is 2.27. The van der Waals surface area contributed by atoms with Crippen LogP contribution in [0, 0.1) is 3.57 Å². The fourth-order valence-corrected chi connectivity index (χ4v) is 2.48. The van der Waals surface area contributed by atoms with Gasteiger partial charge in [0.05, 0.1) is 11.1 Å². The number of rotatable bonds is 3. The Balaban J connectivity index is 2.13. The Morgan fingerprint density at radius 1 is 1.17 bits per heavy atom. The van der Waals surface area contributed by atoms with Gasteiger partial charge in [-0.05, 0) is 73.9 Å². The average molecular weight is 438 g/mol. The number of aliphatic hydroxyl groups is 1. The summed E-state index contributed by atoms with van der Waals surface area (Å²) >= 11 is 11.6. The van der Waals surface area contributed by atoms with Gasteiger partial charge in [-0.3, -0.25) is 0 Å². The molecule has 2 rings (SSSR count). The quantitative estimate of drug-likeness (QED) is 0.672. The Morgan fingerprint density at radius 3 is 2.44 bits per heavy atom. The molecule has 2 aromatic rings. The predicted molar refractivity (Wildman–Crippen MR) is 87.0 cm³/mol. The summed E-state index contributed by atoms with van der Waals surface area (Å²) in [6, 6.07) is 13.7. The largest absolute Gasteiger partial charge is 0.388 e. The fourth-order valence-electron chi connectivity index (χ4n) is 1.68. The topological polar surface area (TPSA) is 20.2 Å². The molecule has 1 atom stereocenters. The van der Waals surface area contributed by atoms with Gasteiger partial charge in [-0.15, -0.1) is 0 Å². The van der Waals surface area contributed by atoms with Gasteiger partial charge in [0, 0.05) is 14.5 Å². The van der Waals surface area contributed by atoms with Crippen LogP contribution in [0.5, 0.6) is 0 Å². The molecule has 0 saturated heterocycles. The predicted octanol–water partition coefficient (Wildman–Crippen LogP) is 4.98. The molecule has 0 fully saturated rings. The number of halogens is 3. The van der Waals surface area contributed by atoms with Crippen molar-refractivity contribution in [3.8, 4) is 0 Å². The van der Waals surface area contributed by atoms with E-state index in [4.69, 9.17) is 11.6 Å². The van der Waals surface area contributed by atoms with Gasteiger partial charge in [0.1, 0.15) is 0 Å². The third-order valence-corrected chi connectivity index (χ3v) is 4.62. The lowest BCUT2D eigenvalue weighted by atomic mass is 10.0. The minimum atomic E-state index is -0.532. The van der Waals surface area contributed by atoms with Crippen molar-refractivity contribution < 1.29 is 5.11 Å². The van der Waals surface area contributed by atoms with Crippen LogP contribution < -0.4 is 0 Å². The summed E-state index contributed by atoms with van der Waals surface area (Å²) in [6.07, 6.45) is 0.0603. The van der Waals surface area contributed by atoms with E-state index >= 15 is 0 Å². The Labute approximate surface area is 133 Å². The third kappa shape index (κ3) is 3.70. The van der Waals surface area contributed by atoms with E-state index in [1.165, 1.54) is 3.57 Å². The van der Waals surface area contributed by atoms with Crippen molar-refractivity contribution in [3.63, 3.8) is 0 Å². The van der Waals surface area contributed by atoms with Crippen LogP contribution in [0.25, 0.3) is 0 Å². The van der Waals surface area contributed by atoms with Crippen molar-refractivity contribution in [1.82, 2.24) is 0 Å². The minimum absolute atomic E-state index is 0.532. The SMILES string of the molecule is OC(Cc1ccc(I)cc1)c1ccc(Br)c(Cl)c1. The fraction of sp³-hybridized carbons (Fsp3) is 0.143. The molecule has 0 spiro atoms. The molecule has 2 aromatic carbocycles. The number of hydrogen-bond acceptors (Lipinski definition) is 1. The van der Waals surface area contributed by atoms with E-state index in [9.17, 15) is 5.11 Å². The molecule has 0 aromatic heterocycles. The maximum absolute atomic E-state index is 10.2. The Hall–Kier alpha value is -0.100. The Morgan fingerprint density at radius 2 is 1.83 bits per heavy atom. The molecule has 0 amide bonds. The highest BCUT2D eigenvalue weighted by atomic mass is 127. The van der Waals surface area contributed by atoms with Crippen molar-refractivity contribution in [1.29, 1.82) is 0 Å². The molecule has 94 valence electrons. The minimum Gasteiger partial charge on any atom is -0.388 e. The second-order valence-corrected chi connectivity index (χ2v) is 6.53. The molecular formula is C14H11BrClIO. The van der Waals surface area contributed by atoms with Gasteiger partial charge in [-0.2, -0.15) is 0 Å². The summed E-state index contributed by atoms with van der Waals surface area (Å²) in [5.74, 6) is 0. The molecular weight excluding hydrogens is 426 g/mol. The first-order chi connectivity index (χ1) is 8.56. The van der Waals surface area contributed by atoms with Crippen molar-refractivity contribution in [2.45, 2.75) is 12.5 Å². The van der Waals surface area contributed by atoms with Crippen molar-refractivity contribution >= 4 is 50.1 Å². The maximum atomic E-state index is 10.2. The molecule has 0 aliphatic rings. The summed E-state index contributed by atoms with van der Waals surface area (Å²) in [7, 11) is 0. The molecule has 4 heteroatoms. The summed E-state index contributed by atoms with van der Waals surface area (Å²) in [4.78, 5) is 0. The van der Waals surface area contributed by atoms with Crippen molar-refractivity contribution in [2.24, 2.45) is 0 Å². The van der Waals surface area contributed by atoms with Gasteiger partial charge in [0.25, 0.3) is 0 Å². The van der Waals surface area contributed by atoms with Crippen molar-refractivity contribution in [2.75, 3.05) is 0 Å². The van der Waals surface area contributed by atoms with E-state index in [-0.39, 0.29) is 0 Å². The number of benzene rings is 2.